The van der Waals surface area contributed by atoms with Crippen molar-refractivity contribution in [1.82, 2.24) is 4.90 Å². The van der Waals surface area contributed by atoms with E-state index >= 15 is 0 Å². The number of hydrogen-bond acceptors (Lipinski definition) is 4. The molecule has 23 heavy (non-hydrogen) atoms. The third kappa shape index (κ3) is 3.40. The number of likely N-dealkylation sites (N-methyl/N-ethyl adjacent to an activating group) is 1. The fourth-order valence-corrected chi connectivity index (χ4v) is 2.92. The highest BCUT2D eigenvalue weighted by Crippen LogP contribution is 2.26. The summed E-state index contributed by atoms with van der Waals surface area (Å²) in [5, 5.41) is 10.9. The lowest BCUT2D eigenvalue weighted by Gasteiger charge is -2.31. The molecule has 1 saturated heterocycles. The molecule has 0 radical (unpaired) electrons. The van der Waals surface area contributed by atoms with Gasteiger partial charge in [-0.05, 0) is 12.1 Å². The van der Waals surface area contributed by atoms with Gasteiger partial charge in [-0.15, -0.1) is 0 Å². The molecular weight excluding hydrogens is 314 g/mol. The molecule has 0 unspecified atom stereocenters. The van der Waals surface area contributed by atoms with Crippen molar-refractivity contribution < 1.29 is 14.2 Å². The lowest BCUT2D eigenvalue weighted by Crippen LogP contribution is -3.12. The third-order valence-corrected chi connectivity index (χ3v) is 4.52. The highest BCUT2D eigenvalue weighted by Gasteiger charge is 2.22. The number of nitro benzene ring substituents is 1. The van der Waals surface area contributed by atoms with Crippen LogP contribution in [0.2, 0.25) is 0 Å². The molecule has 1 aliphatic heterocycles. The minimum Gasteiger partial charge on any atom is -0.454 e. The second-order valence-corrected chi connectivity index (χ2v) is 6.11. The number of piperazine rings is 1. The molecule has 0 atom stereocenters. The molecule has 1 aromatic heterocycles. The number of rotatable bonds is 3. The van der Waals surface area contributed by atoms with E-state index in [-0.39, 0.29) is 5.69 Å². The Labute approximate surface area is 139 Å². The van der Waals surface area contributed by atoms with Crippen molar-refractivity contribution >= 4 is 22.9 Å². The summed E-state index contributed by atoms with van der Waals surface area (Å²) in [5.74, 6) is 1.23. The number of quaternary nitrogens is 1. The van der Waals surface area contributed by atoms with Crippen molar-refractivity contribution in [2.45, 2.75) is 0 Å². The van der Waals surface area contributed by atoms with Crippen molar-refractivity contribution in [2.75, 3.05) is 33.2 Å². The molecule has 0 aliphatic carbocycles. The number of thiocarbonyl (C=S) groups is 1. The molecule has 6 nitrogen and oxygen atoms in total. The normalized spacial score (nSPS) is 15.6. The van der Waals surface area contributed by atoms with Gasteiger partial charge in [0, 0.05) is 17.7 Å². The predicted octanol–water partition coefficient (Wildman–Crippen LogP) is 1.36. The Morgan fingerprint density at radius 3 is 2.74 bits per heavy atom. The largest absolute Gasteiger partial charge is 0.454 e. The van der Waals surface area contributed by atoms with Crippen LogP contribution in [0.15, 0.2) is 40.8 Å². The molecule has 0 saturated carbocycles. The van der Waals surface area contributed by atoms with Gasteiger partial charge in [0.25, 0.3) is 5.69 Å². The zero-order chi connectivity index (χ0) is 16.4. The first-order chi connectivity index (χ1) is 11.0. The SMILES string of the molecule is C[NH+]1CCN(C(=S)c2ccc(-c3cccc([N+](=O)[O-])c3)o2)CC1. The van der Waals surface area contributed by atoms with E-state index in [1.54, 1.807) is 12.1 Å². The van der Waals surface area contributed by atoms with Gasteiger partial charge in [-0.25, -0.2) is 0 Å². The molecule has 120 valence electrons. The Morgan fingerprint density at radius 2 is 2.04 bits per heavy atom. The molecule has 0 amide bonds. The molecule has 2 heterocycles. The van der Waals surface area contributed by atoms with E-state index in [0.29, 0.717) is 22.1 Å². The molecule has 1 N–H and O–H groups in total. The van der Waals surface area contributed by atoms with E-state index in [2.05, 4.69) is 11.9 Å². The Morgan fingerprint density at radius 1 is 1.30 bits per heavy atom. The van der Waals surface area contributed by atoms with Crippen LogP contribution in [0.5, 0.6) is 0 Å². The number of non-ortho nitro benzene ring substituents is 1. The number of nitrogens with one attached hydrogen (secondary N) is 1. The lowest BCUT2D eigenvalue weighted by atomic mass is 10.1. The zero-order valence-corrected chi connectivity index (χ0v) is 13.6. The van der Waals surface area contributed by atoms with Gasteiger partial charge in [-0.2, -0.15) is 0 Å². The first-order valence-corrected chi connectivity index (χ1v) is 7.90. The van der Waals surface area contributed by atoms with Gasteiger partial charge < -0.3 is 14.2 Å². The maximum atomic E-state index is 10.9. The molecule has 2 aromatic rings. The first kappa shape index (κ1) is 15.6. The van der Waals surface area contributed by atoms with Gasteiger partial charge in [0.05, 0.1) is 38.2 Å². The molecule has 1 fully saturated rings. The van der Waals surface area contributed by atoms with Gasteiger partial charge in [0.2, 0.25) is 0 Å². The third-order valence-electron chi connectivity index (χ3n) is 4.06. The Hall–Kier alpha value is -2.25. The van der Waals surface area contributed by atoms with Crippen molar-refractivity contribution in [3.05, 3.63) is 52.3 Å². The van der Waals surface area contributed by atoms with Crippen LogP contribution in [0.1, 0.15) is 5.76 Å². The number of benzene rings is 1. The summed E-state index contributed by atoms with van der Waals surface area (Å²) in [6.07, 6.45) is 0. The van der Waals surface area contributed by atoms with Gasteiger partial charge in [-0.3, -0.25) is 10.1 Å². The van der Waals surface area contributed by atoms with Crippen LogP contribution in [0.4, 0.5) is 5.69 Å². The van der Waals surface area contributed by atoms with Crippen LogP contribution in [-0.4, -0.2) is 48.0 Å². The van der Waals surface area contributed by atoms with Gasteiger partial charge in [0.1, 0.15) is 10.7 Å². The van der Waals surface area contributed by atoms with Crippen LogP contribution >= 0.6 is 12.2 Å². The smallest absolute Gasteiger partial charge is 0.270 e. The summed E-state index contributed by atoms with van der Waals surface area (Å²) < 4.78 is 5.83. The minimum absolute atomic E-state index is 0.0464. The van der Waals surface area contributed by atoms with E-state index in [1.807, 2.05) is 12.1 Å². The second kappa shape index (κ2) is 6.47. The molecular formula is C16H18N3O3S+. The van der Waals surface area contributed by atoms with E-state index < -0.39 is 4.92 Å². The second-order valence-electron chi connectivity index (χ2n) is 5.72. The van der Waals surface area contributed by atoms with Crippen molar-refractivity contribution in [3.63, 3.8) is 0 Å². The maximum absolute atomic E-state index is 10.9. The van der Waals surface area contributed by atoms with E-state index in [4.69, 9.17) is 16.6 Å². The Bertz CT molecular complexity index is 736. The van der Waals surface area contributed by atoms with Crippen LogP contribution < -0.4 is 4.90 Å². The fraction of sp³-hybridized carbons (Fsp3) is 0.312. The van der Waals surface area contributed by atoms with E-state index in [1.165, 1.54) is 17.0 Å². The molecule has 1 aromatic carbocycles. The molecule has 3 rings (SSSR count). The molecule has 1 aliphatic rings. The fourth-order valence-electron chi connectivity index (χ4n) is 2.63. The van der Waals surface area contributed by atoms with Crippen molar-refractivity contribution in [3.8, 4) is 11.3 Å². The molecule has 7 heteroatoms. The van der Waals surface area contributed by atoms with Crippen LogP contribution in [0.3, 0.4) is 0 Å². The van der Waals surface area contributed by atoms with Crippen LogP contribution in [-0.2, 0) is 0 Å². The molecule has 0 spiro atoms. The van der Waals surface area contributed by atoms with Crippen LogP contribution in [0.25, 0.3) is 11.3 Å². The summed E-state index contributed by atoms with van der Waals surface area (Å²) in [7, 11) is 2.17. The zero-order valence-electron chi connectivity index (χ0n) is 12.8. The van der Waals surface area contributed by atoms with E-state index in [0.717, 1.165) is 26.2 Å². The van der Waals surface area contributed by atoms with Gasteiger partial charge in [-0.1, -0.05) is 24.4 Å². The summed E-state index contributed by atoms with van der Waals surface area (Å²) in [6, 6.07) is 10.0. The summed E-state index contributed by atoms with van der Waals surface area (Å²) >= 11 is 5.52. The maximum Gasteiger partial charge on any atom is 0.270 e. The quantitative estimate of drug-likeness (QED) is 0.522. The summed E-state index contributed by atoms with van der Waals surface area (Å²) in [5.41, 5.74) is 0.723. The number of hydrogen-bond donors (Lipinski definition) is 1. The average Bonchev–Trinajstić information content (AvgIpc) is 3.05. The number of nitrogens with zero attached hydrogens (tertiary/aromatic N) is 2. The monoisotopic (exact) mass is 332 g/mol. The highest BCUT2D eigenvalue weighted by molar-refractivity contribution is 7.80. The Kier molecular flexibility index (Phi) is 4.40. The standard InChI is InChI=1S/C16H17N3O3S/c1-17-7-9-18(10-8-17)16(23)15-6-5-14(22-15)12-3-2-4-13(11-12)19(20)21/h2-6,11H,7-10H2,1H3/p+1. The summed E-state index contributed by atoms with van der Waals surface area (Å²) in [6.45, 7) is 3.94. The highest BCUT2D eigenvalue weighted by atomic mass is 32.1. The van der Waals surface area contributed by atoms with Gasteiger partial charge >= 0.3 is 0 Å². The van der Waals surface area contributed by atoms with Crippen molar-refractivity contribution in [1.29, 1.82) is 0 Å². The van der Waals surface area contributed by atoms with E-state index in [9.17, 15) is 10.1 Å². The lowest BCUT2D eigenvalue weighted by molar-refractivity contribution is -0.883. The van der Waals surface area contributed by atoms with Crippen LogP contribution in [0, 0.1) is 10.1 Å². The number of nitro groups is 1. The summed E-state index contributed by atoms with van der Waals surface area (Å²) in [4.78, 5) is 14.8. The first-order valence-electron chi connectivity index (χ1n) is 7.50. The van der Waals surface area contributed by atoms with Crippen molar-refractivity contribution in [2.24, 2.45) is 0 Å². The predicted molar refractivity (Wildman–Crippen MR) is 90.7 cm³/mol. The number of furan rings is 1. The Balaban J connectivity index is 1.79. The average molecular weight is 332 g/mol. The van der Waals surface area contributed by atoms with Gasteiger partial charge in [0.15, 0.2) is 5.76 Å². The minimum atomic E-state index is -0.412. The molecule has 0 bridgehead atoms. The topological polar surface area (TPSA) is 64.0 Å².